The number of nitrogens with zero attached hydrogens (tertiary/aromatic N) is 1. The average Bonchev–Trinajstić information content (AvgIpc) is 3.32. The van der Waals surface area contributed by atoms with Crippen molar-refractivity contribution < 1.29 is 24.6 Å². The second-order valence-electron chi connectivity index (χ2n) is 12.9. The highest BCUT2D eigenvalue weighted by atomic mass is 16.7. The summed E-state index contributed by atoms with van der Waals surface area (Å²) in [7, 11) is 0. The first-order valence-electron chi connectivity index (χ1n) is 15.0. The molecule has 1 saturated heterocycles. The van der Waals surface area contributed by atoms with E-state index in [1.807, 2.05) is 49.4 Å². The lowest BCUT2D eigenvalue weighted by atomic mass is 9.45. The number of hydrogen-bond donors (Lipinski definition) is 4. The Morgan fingerprint density at radius 1 is 1.12 bits per heavy atom. The van der Waals surface area contributed by atoms with E-state index in [0.29, 0.717) is 41.8 Å². The predicted molar refractivity (Wildman–Crippen MR) is 157 cm³/mol. The van der Waals surface area contributed by atoms with Crippen LogP contribution < -0.4 is 10.6 Å². The number of hydrogen-bond acceptors (Lipinski definition) is 6. The molecule has 0 radical (unpaired) electrons. The molecule has 0 unspecified atom stereocenters. The van der Waals surface area contributed by atoms with Crippen LogP contribution in [0.2, 0.25) is 0 Å². The van der Waals surface area contributed by atoms with Gasteiger partial charge in [0.2, 0.25) is 5.91 Å². The summed E-state index contributed by atoms with van der Waals surface area (Å²) in [5, 5.41) is 28.6. The van der Waals surface area contributed by atoms with Crippen LogP contribution in [0.3, 0.4) is 0 Å². The lowest BCUT2D eigenvalue weighted by Crippen LogP contribution is -2.62. The molecule has 8 heteroatoms. The van der Waals surface area contributed by atoms with Crippen LogP contribution in [-0.4, -0.2) is 64.5 Å². The van der Waals surface area contributed by atoms with Crippen molar-refractivity contribution in [3.05, 3.63) is 59.7 Å². The van der Waals surface area contributed by atoms with E-state index in [1.54, 1.807) is 18.1 Å². The number of hydroxylamine groups is 2. The van der Waals surface area contributed by atoms with E-state index in [2.05, 4.69) is 31.4 Å². The number of fused-ring (bicyclic) bond motifs is 2. The Hall–Kier alpha value is -2.78. The van der Waals surface area contributed by atoms with Crippen LogP contribution in [0.5, 0.6) is 0 Å². The Morgan fingerprint density at radius 3 is 2.46 bits per heavy atom. The number of amides is 2. The third kappa shape index (κ3) is 5.67. The minimum absolute atomic E-state index is 0.0875. The van der Waals surface area contributed by atoms with Crippen molar-refractivity contribution >= 4 is 11.8 Å². The van der Waals surface area contributed by atoms with E-state index in [1.165, 1.54) is 6.42 Å². The molecule has 222 valence electrons. The monoisotopic (exact) mass is 563 g/mol. The van der Waals surface area contributed by atoms with Crippen LogP contribution in [0.25, 0.3) is 11.1 Å². The summed E-state index contributed by atoms with van der Waals surface area (Å²) in [6.45, 7) is 11.0. The predicted octanol–water partition coefficient (Wildman–Crippen LogP) is 3.76. The van der Waals surface area contributed by atoms with E-state index >= 15 is 0 Å². The van der Waals surface area contributed by atoms with Crippen LogP contribution in [0.15, 0.2) is 48.5 Å². The van der Waals surface area contributed by atoms with Gasteiger partial charge in [-0.2, -0.15) is 5.06 Å². The van der Waals surface area contributed by atoms with Gasteiger partial charge < -0.3 is 20.8 Å². The molecule has 1 aliphatic heterocycles. The molecule has 6 rings (SSSR count). The topological polar surface area (TPSA) is 111 Å². The van der Waals surface area contributed by atoms with Gasteiger partial charge in [0.1, 0.15) is 12.1 Å². The Morgan fingerprint density at radius 2 is 1.83 bits per heavy atom. The molecule has 2 aromatic rings. The summed E-state index contributed by atoms with van der Waals surface area (Å²) in [5.74, 6) is 0.735. The molecule has 4 fully saturated rings. The van der Waals surface area contributed by atoms with Crippen LogP contribution in [-0.2, 0) is 16.2 Å². The third-order valence-electron chi connectivity index (χ3n) is 10.1. The van der Waals surface area contributed by atoms with Crippen molar-refractivity contribution in [2.75, 3.05) is 13.2 Å². The van der Waals surface area contributed by atoms with Crippen molar-refractivity contribution in [2.45, 2.75) is 78.3 Å². The molecular weight excluding hydrogens is 518 g/mol. The van der Waals surface area contributed by atoms with Gasteiger partial charge in [0, 0.05) is 24.1 Å². The van der Waals surface area contributed by atoms with Gasteiger partial charge in [-0.05, 0) is 84.7 Å². The fraction of sp³-hybridized carbons (Fsp3) is 0.576. The SMILES string of the molecule is CCNC(=O)c1cccc(-c2cccc(CN3O[C@@H](CO)[C@@H]([C@H](C)O)[C@H]3C(=O)N[C@H]3C[C@H]4C[C@@H]([C@@H]3C)C4(C)C)c2)c1. The Kier molecular flexibility index (Phi) is 8.58. The molecule has 2 aromatic carbocycles. The number of carbonyl (C=O) groups excluding carboxylic acids is 2. The van der Waals surface area contributed by atoms with Gasteiger partial charge in [0.05, 0.1) is 19.3 Å². The smallest absolute Gasteiger partial charge is 0.251 e. The van der Waals surface area contributed by atoms with Crippen molar-refractivity contribution in [3.8, 4) is 11.1 Å². The van der Waals surface area contributed by atoms with Gasteiger partial charge in [-0.1, -0.05) is 51.1 Å². The van der Waals surface area contributed by atoms with Crippen molar-refractivity contribution in [1.29, 1.82) is 0 Å². The zero-order valence-electron chi connectivity index (χ0n) is 24.8. The molecule has 2 amide bonds. The van der Waals surface area contributed by atoms with Crippen molar-refractivity contribution in [2.24, 2.45) is 29.1 Å². The number of aliphatic hydroxyl groups is 2. The summed E-state index contributed by atoms with van der Waals surface area (Å²) in [6.07, 6.45) is 0.667. The molecule has 4 N–H and O–H groups in total. The van der Waals surface area contributed by atoms with Crippen LogP contribution >= 0.6 is 0 Å². The molecule has 3 aliphatic carbocycles. The maximum Gasteiger partial charge on any atom is 0.251 e. The first-order valence-corrected chi connectivity index (χ1v) is 15.0. The third-order valence-corrected chi connectivity index (χ3v) is 10.1. The zero-order chi connectivity index (χ0) is 29.5. The van der Waals surface area contributed by atoms with E-state index in [-0.39, 0.29) is 24.5 Å². The number of nitrogens with one attached hydrogen (secondary N) is 2. The summed E-state index contributed by atoms with van der Waals surface area (Å²) >= 11 is 0. The van der Waals surface area contributed by atoms with Gasteiger partial charge in [0.15, 0.2) is 0 Å². The highest BCUT2D eigenvalue weighted by Gasteiger charge is 2.57. The second kappa shape index (κ2) is 11.8. The van der Waals surface area contributed by atoms with Gasteiger partial charge in [0.25, 0.3) is 5.91 Å². The highest BCUT2D eigenvalue weighted by molar-refractivity contribution is 5.95. The molecule has 8 nitrogen and oxygen atoms in total. The fourth-order valence-corrected chi connectivity index (χ4v) is 7.62. The number of benzene rings is 2. The van der Waals surface area contributed by atoms with Crippen LogP contribution in [0, 0.1) is 29.1 Å². The Labute approximate surface area is 243 Å². The maximum absolute atomic E-state index is 13.9. The molecule has 2 bridgehead atoms. The molecule has 4 aliphatic rings. The number of aliphatic hydroxyl groups excluding tert-OH is 2. The molecule has 3 saturated carbocycles. The van der Waals surface area contributed by atoms with Gasteiger partial charge in [-0.3, -0.25) is 14.4 Å². The molecule has 8 atom stereocenters. The lowest BCUT2D eigenvalue weighted by Gasteiger charge is -2.62. The first-order chi connectivity index (χ1) is 19.5. The van der Waals surface area contributed by atoms with E-state index < -0.39 is 24.2 Å². The first kappa shape index (κ1) is 29.7. The second-order valence-corrected chi connectivity index (χ2v) is 12.9. The number of carbonyl (C=O) groups is 2. The van der Waals surface area contributed by atoms with Crippen molar-refractivity contribution in [1.82, 2.24) is 15.7 Å². The van der Waals surface area contributed by atoms with Crippen molar-refractivity contribution in [3.63, 3.8) is 0 Å². The lowest BCUT2D eigenvalue weighted by molar-refractivity contribution is -0.183. The van der Waals surface area contributed by atoms with Crippen LogP contribution in [0.1, 0.15) is 63.4 Å². The summed E-state index contributed by atoms with van der Waals surface area (Å²) in [6, 6.07) is 14.8. The molecule has 0 aromatic heterocycles. The number of rotatable bonds is 9. The molecule has 1 heterocycles. The largest absolute Gasteiger partial charge is 0.394 e. The van der Waals surface area contributed by atoms with Crippen LogP contribution in [0.4, 0.5) is 0 Å². The summed E-state index contributed by atoms with van der Waals surface area (Å²) in [5.41, 5.74) is 3.68. The summed E-state index contributed by atoms with van der Waals surface area (Å²) < 4.78 is 0. The minimum Gasteiger partial charge on any atom is -0.394 e. The molecular formula is C33H45N3O5. The summed E-state index contributed by atoms with van der Waals surface area (Å²) in [4.78, 5) is 32.4. The standard InChI is InChI=1S/C33H45N3O5/c1-6-34-31(39)24-12-8-11-23(14-24)22-10-7-9-21(13-22)17-36-30(29(20(3)38)28(18-37)41-36)32(40)35-27-16-25-15-26(19(27)2)33(25,4)5/h7-14,19-20,25-30,37-38H,6,15-18H2,1-5H3,(H,34,39)(H,35,40)/t19-,20-,25+,26-,27-,28-,29+,30-/m0/s1. The molecule has 41 heavy (non-hydrogen) atoms. The minimum atomic E-state index is -0.840. The maximum atomic E-state index is 13.9. The normalized spacial score (nSPS) is 31.2. The Bertz CT molecular complexity index is 1260. The van der Waals surface area contributed by atoms with E-state index in [9.17, 15) is 19.8 Å². The molecule has 0 spiro atoms. The van der Waals surface area contributed by atoms with Gasteiger partial charge in [-0.25, -0.2) is 0 Å². The average molecular weight is 564 g/mol. The Balaban J connectivity index is 1.36. The zero-order valence-corrected chi connectivity index (χ0v) is 24.8. The fourth-order valence-electron chi connectivity index (χ4n) is 7.62. The van der Waals surface area contributed by atoms with Gasteiger partial charge >= 0.3 is 0 Å². The van der Waals surface area contributed by atoms with E-state index in [0.717, 1.165) is 23.1 Å². The quantitative estimate of drug-likeness (QED) is 0.370. The van der Waals surface area contributed by atoms with E-state index in [4.69, 9.17) is 4.84 Å². The van der Waals surface area contributed by atoms with Gasteiger partial charge in [-0.15, -0.1) is 0 Å². The highest BCUT2D eigenvalue weighted by Crippen LogP contribution is 2.61.